The molecule has 2 amide bonds. The van der Waals surface area contributed by atoms with Gasteiger partial charge in [-0.2, -0.15) is 0 Å². The van der Waals surface area contributed by atoms with Gasteiger partial charge in [0.15, 0.2) is 0 Å². The van der Waals surface area contributed by atoms with Crippen molar-refractivity contribution in [3.63, 3.8) is 0 Å². The van der Waals surface area contributed by atoms with E-state index >= 15 is 0 Å². The van der Waals surface area contributed by atoms with Crippen LogP contribution in [-0.4, -0.2) is 50.9 Å². The van der Waals surface area contributed by atoms with Crippen molar-refractivity contribution in [3.8, 4) is 0 Å². The lowest BCUT2D eigenvalue weighted by Crippen LogP contribution is -2.57. The normalized spacial score (nSPS) is 15.5. The number of thiophene rings is 1. The number of nitrogens with one attached hydrogen (secondary N) is 2. The van der Waals surface area contributed by atoms with Gasteiger partial charge in [-0.05, 0) is 61.2 Å². The molecule has 1 aliphatic rings. The van der Waals surface area contributed by atoms with Gasteiger partial charge in [0, 0.05) is 30.3 Å². The maximum Gasteiger partial charge on any atom is 0.326 e. The van der Waals surface area contributed by atoms with E-state index in [-0.39, 0.29) is 36.0 Å². The average molecular weight is 542 g/mol. The van der Waals surface area contributed by atoms with Crippen molar-refractivity contribution in [2.24, 2.45) is 5.73 Å². The van der Waals surface area contributed by atoms with Crippen LogP contribution in [0.2, 0.25) is 0 Å². The highest BCUT2D eigenvalue weighted by molar-refractivity contribution is 7.17. The summed E-state index contributed by atoms with van der Waals surface area (Å²) in [4.78, 5) is 43.8. The van der Waals surface area contributed by atoms with Crippen molar-refractivity contribution in [3.05, 3.63) is 70.0 Å². The molecule has 2 aromatic carbocycles. The van der Waals surface area contributed by atoms with E-state index in [0.717, 1.165) is 26.7 Å². The van der Waals surface area contributed by atoms with Gasteiger partial charge in [-0.3, -0.25) is 14.2 Å². The number of carbonyl (C=O) groups excluding carboxylic acids is 2. The number of nitrogens with zero attached hydrogens (tertiary/aromatic N) is 2. The number of H-pyrrole nitrogens is 1. The van der Waals surface area contributed by atoms with Crippen molar-refractivity contribution in [1.29, 1.82) is 0 Å². The maximum atomic E-state index is 13.7. The van der Waals surface area contributed by atoms with E-state index in [1.807, 2.05) is 47.0 Å². The number of aromatic nitrogens is 2. The zero-order valence-corrected chi connectivity index (χ0v) is 22.5. The highest BCUT2D eigenvalue weighted by Crippen LogP contribution is 2.28. The molecule has 0 bridgehead atoms. The molecule has 8 nitrogen and oxygen atoms in total. The minimum atomic E-state index is -1.10. The third kappa shape index (κ3) is 5.44. The number of aromatic amines is 1. The van der Waals surface area contributed by atoms with Crippen LogP contribution in [0.25, 0.3) is 21.1 Å². The first-order chi connectivity index (χ1) is 17.2. The summed E-state index contributed by atoms with van der Waals surface area (Å²) in [5.74, 6) is -0.478. The van der Waals surface area contributed by atoms with Crippen LogP contribution in [0.4, 0.5) is 0 Å². The van der Waals surface area contributed by atoms with Crippen LogP contribution in [-0.2, 0) is 16.0 Å². The van der Waals surface area contributed by atoms with Crippen molar-refractivity contribution in [2.75, 3.05) is 13.1 Å². The quantitative estimate of drug-likeness (QED) is 0.346. The molecule has 1 saturated heterocycles. The van der Waals surface area contributed by atoms with Crippen molar-refractivity contribution in [1.82, 2.24) is 19.8 Å². The highest BCUT2D eigenvalue weighted by Gasteiger charge is 2.33. The molecule has 37 heavy (non-hydrogen) atoms. The van der Waals surface area contributed by atoms with E-state index in [1.54, 1.807) is 30.1 Å². The van der Waals surface area contributed by atoms with E-state index < -0.39 is 11.6 Å². The van der Waals surface area contributed by atoms with Crippen LogP contribution in [0.3, 0.4) is 0 Å². The average Bonchev–Trinajstić information content (AvgIpc) is 3.42. The summed E-state index contributed by atoms with van der Waals surface area (Å²) in [5, 5.41) is 6.07. The molecular formula is C27H32ClN5O3S. The number of hydrogen-bond donors (Lipinski definition) is 3. The minimum Gasteiger partial charge on any atom is -0.342 e. The van der Waals surface area contributed by atoms with E-state index in [0.29, 0.717) is 32.4 Å². The molecule has 0 radical (unpaired) electrons. The van der Waals surface area contributed by atoms with Crippen LogP contribution in [0, 0.1) is 0 Å². The molecule has 0 unspecified atom stereocenters. The molecule has 4 N–H and O–H groups in total. The van der Waals surface area contributed by atoms with E-state index in [1.165, 1.54) is 0 Å². The lowest BCUT2D eigenvalue weighted by atomic mass is 9.99. The topological polar surface area (TPSA) is 113 Å². The number of benzene rings is 2. The molecule has 0 spiro atoms. The van der Waals surface area contributed by atoms with Crippen LogP contribution in [0.1, 0.15) is 38.3 Å². The summed E-state index contributed by atoms with van der Waals surface area (Å²) in [6.07, 6.45) is 1.72. The van der Waals surface area contributed by atoms with Gasteiger partial charge in [-0.1, -0.05) is 30.3 Å². The number of likely N-dealkylation sites (tertiary alicyclic amines) is 1. The van der Waals surface area contributed by atoms with Gasteiger partial charge in [0.2, 0.25) is 11.8 Å². The summed E-state index contributed by atoms with van der Waals surface area (Å²) in [6, 6.07) is 15.0. The number of imidazole rings is 1. The second kappa shape index (κ2) is 10.7. The molecule has 2 aromatic heterocycles. The second-order valence-electron chi connectivity index (χ2n) is 10.1. The third-order valence-electron chi connectivity index (χ3n) is 6.94. The number of rotatable bonds is 6. The molecule has 196 valence electrons. The zero-order chi connectivity index (χ0) is 25.4. The van der Waals surface area contributed by atoms with Crippen LogP contribution >= 0.6 is 23.7 Å². The van der Waals surface area contributed by atoms with Crippen LogP contribution in [0.15, 0.2) is 58.7 Å². The first-order valence-electron chi connectivity index (χ1n) is 12.3. The van der Waals surface area contributed by atoms with Gasteiger partial charge in [-0.15, -0.1) is 23.7 Å². The predicted molar refractivity (Wildman–Crippen MR) is 150 cm³/mol. The highest BCUT2D eigenvalue weighted by atomic mass is 35.5. The molecule has 4 aromatic rings. The molecule has 10 heteroatoms. The molecule has 1 fully saturated rings. The largest absolute Gasteiger partial charge is 0.342 e. The Balaban J connectivity index is 0.00000320. The zero-order valence-electron chi connectivity index (χ0n) is 20.9. The predicted octanol–water partition coefficient (Wildman–Crippen LogP) is 3.59. The SMILES string of the molecule is CC(C)(N)C(=O)N[C@H](Cc1csc2ccccc12)C(=O)N1CCC(n2c(=O)[nH]c3ccccc32)CC1.Cl. The summed E-state index contributed by atoms with van der Waals surface area (Å²) in [6.45, 7) is 4.29. The van der Waals surface area contributed by atoms with Crippen LogP contribution in [0.5, 0.6) is 0 Å². The van der Waals surface area contributed by atoms with Crippen molar-refractivity contribution < 1.29 is 9.59 Å². The summed E-state index contributed by atoms with van der Waals surface area (Å²) < 4.78 is 2.96. The number of nitrogens with two attached hydrogens (primary N) is 1. The van der Waals surface area contributed by atoms with Crippen molar-refractivity contribution >= 4 is 56.7 Å². The number of fused-ring (bicyclic) bond motifs is 2. The van der Waals surface area contributed by atoms with Gasteiger partial charge < -0.3 is 20.9 Å². The van der Waals surface area contributed by atoms with Gasteiger partial charge >= 0.3 is 5.69 Å². The number of halogens is 1. The van der Waals surface area contributed by atoms with Gasteiger partial charge in [-0.25, -0.2) is 4.79 Å². The van der Waals surface area contributed by atoms with E-state index in [4.69, 9.17) is 5.73 Å². The smallest absolute Gasteiger partial charge is 0.326 e. The standard InChI is InChI=1S/C27H31N5O3S.ClH/c1-27(2,28)25(34)29-21(15-17-16-36-23-10-6-3-7-19(17)23)24(33)31-13-11-18(12-14-31)32-22-9-5-4-8-20(22)30-26(32)35;/h3-10,16,18,21H,11-15,28H2,1-2H3,(H,29,34)(H,30,35);1H/t21-;/m1./s1. The second-order valence-corrected chi connectivity index (χ2v) is 11.0. The minimum absolute atomic E-state index is 0. The molecule has 1 aliphatic heterocycles. The molecule has 3 heterocycles. The van der Waals surface area contributed by atoms with Gasteiger partial charge in [0.1, 0.15) is 6.04 Å². The van der Waals surface area contributed by atoms with Gasteiger partial charge in [0.05, 0.1) is 16.6 Å². The monoisotopic (exact) mass is 541 g/mol. The first kappa shape index (κ1) is 26.9. The summed E-state index contributed by atoms with van der Waals surface area (Å²) >= 11 is 1.63. The Morgan fingerprint density at radius 3 is 2.54 bits per heavy atom. The van der Waals surface area contributed by atoms with Crippen LogP contribution < -0.4 is 16.7 Å². The lowest BCUT2D eigenvalue weighted by Gasteiger charge is -2.35. The Kier molecular flexibility index (Phi) is 7.77. The fourth-order valence-electron chi connectivity index (χ4n) is 4.96. The summed E-state index contributed by atoms with van der Waals surface area (Å²) in [7, 11) is 0. The molecule has 0 aliphatic carbocycles. The number of carbonyl (C=O) groups is 2. The first-order valence-corrected chi connectivity index (χ1v) is 13.1. The van der Waals surface area contributed by atoms with Crippen molar-refractivity contribution in [2.45, 2.75) is 50.7 Å². The maximum absolute atomic E-state index is 13.7. The third-order valence-corrected chi connectivity index (χ3v) is 7.95. The fraction of sp³-hybridized carbons (Fsp3) is 0.370. The molecular weight excluding hydrogens is 510 g/mol. The number of para-hydroxylation sites is 2. The molecule has 0 saturated carbocycles. The molecule has 5 rings (SSSR count). The summed E-state index contributed by atoms with van der Waals surface area (Å²) in [5.41, 5.74) is 7.54. The Morgan fingerprint density at radius 2 is 1.81 bits per heavy atom. The Hall–Kier alpha value is -3.14. The number of amides is 2. The van der Waals surface area contributed by atoms with E-state index in [2.05, 4.69) is 21.7 Å². The van der Waals surface area contributed by atoms with Gasteiger partial charge in [0.25, 0.3) is 0 Å². The number of hydrogen-bond acceptors (Lipinski definition) is 5. The lowest BCUT2D eigenvalue weighted by molar-refractivity contribution is -0.138. The van der Waals surface area contributed by atoms with E-state index in [9.17, 15) is 14.4 Å². The Morgan fingerprint density at radius 1 is 1.14 bits per heavy atom. The Bertz CT molecular complexity index is 1480. The number of piperidine rings is 1. The molecule has 1 atom stereocenters. The Labute approximate surface area is 225 Å². The fourth-order valence-corrected chi connectivity index (χ4v) is 5.93.